The van der Waals surface area contributed by atoms with Gasteiger partial charge >= 0.3 is 5.97 Å². The Morgan fingerprint density at radius 3 is 2.80 bits per heavy atom. The SMILES string of the molecule is O=C(O)[C@@H]1CN(Cc2ccns2)C[C@H]1C1CCCCC1. The van der Waals surface area contributed by atoms with Gasteiger partial charge in [0.25, 0.3) is 0 Å². The third kappa shape index (κ3) is 3.04. The molecule has 0 unspecified atom stereocenters. The molecule has 0 bridgehead atoms. The molecular weight excluding hydrogens is 272 g/mol. The normalized spacial score (nSPS) is 28.8. The van der Waals surface area contributed by atoms with E-state index in [1.54, 1.807) is 0 Å². The second kappa shape index (κ2) is 6.22. The van der Waals surface area contributed by atoms with E-state index in [9.17, 15) is 9.90 Å². The van der Waals surface area contributed by atoms with Crippen LogP contribution in [-0.4, -0.2) is 33.4 Å². The van der Waals surface area contributed by atoms with Gasteiger partial charge in [0.05, 0.1) is 5.92 Å². The van der Waals surface area contributed by atoms with Crippen LogP contribution in [0.15, 0.2) is 12.3 Å². The van der Waals surface area contributed by atoms with E-state index in [1.165, 1.54) is 48.5 Å². The van der Waals surface area contributed by atoms with Gasteiger partial charge < -0.3 is 5.11 Å². The molecule has 1 saturated carbocycles. The van der Waals surface area contributed by atoms with Gasteiger partial charge in [0.2, 0.25) is 0 Å². The van der Waals surface area contributed by atoms with E-state index >= 15 is 0 Å². The number of hydrogen-bond donors (Lipinski definition) is 1. The van der Waals surface area contributed by atoms with Gasteiger partial charge in [0.15, 0.2) is 0 Å². The van der Waals surface area contributed by atoms with E-state index in [-0.39, 0.29) is 5.92 Å². The summed E-state index contributed by atoms with van der Waals surface area (Å²) < 4.78 is 4.13. The highest BCUT2D eigenvalue weighted by Gasteiger charge is 2.41. The summed E-state index contributed by atoms with van der Waals surface area (Å²) in [4.78, 5) is 15.1. The van der Waals surface area contributed by atoms with Crippen molar-refractivity contribution in [1.82, 2.24) is 9.27 Å². The molecule has 2 fully saturated rings. The predicted molar refractivity (Wildman–Crippen MR) is 78.6 cm³/mol. The van der Waals surface area contributed by atoms with Crippen molar-refractivity contribution in [3.63, 3.8) is 0 Å². The van der Waals surface area contributed by atoms with E-state index in [2.05, 4.69) is 9.27 Å². The molecule has 0 radical (unpaired) electrons. The van der Waals surface area contributed by atoms with Crippen LogP contribution in [0.3, 0.4) is 0 Å². The van der Waals surface area contributed by atoms with Gasteiger partial charge in [-0.05, 0) is 29.4 Å². The number of carboxylic acids is 1. The van der Waals surface area contributed by atoms with Crippen molar-refractivity contribution in [2.45, 2.75) is 38.6 Å². The van der Waals surface area contributed by atoms with E-state index in [0.717, 1.165) is 13.1 Å². The quantitative estimate of drug-likeness (QED) is 0.927. The lowest BCUT2D eigenvalue weighted by Crippen LogP contribution is -2.29. The first-order valence-corrected chi connectivity index (χ1v) is 8.36. The number of carboxylic acid groups (broad SMARTS) is 1. The fourth-order valence-corrected chi connectivity index (χ4v) is 4.51. The number of aromatic nitrogens is 1. The smallest absolute Gasteiger partial charge is 0.308 e. The van der Waals surface area contributed by atoms with Crippen LogP contribution in [0.2, 0.25) is 0 Å². The number of rotatable bonds is 4. The van der Waals surface area contributed by atoms with Crippen molar-refractivity contribution in [1.29, 1.82) is 0 Å². The van der Waals surface area contributed by atoms with Gasteiger partial charge in [-0.3, -0.25) is 9.69 Å². The summed E-state index contributed by atoms with van der Waals surface area (Å²) >= 11 is 1.52. The highest BCUT2D eigenvalue weighted by Crippen LogP contribution is 2.38. The number of likely N-dealkylation sites (tertiary alicyclic amines) is 1. The van der Waals surface area contributed by atoms with E-state index in [0.29, 0.717) is 18.4 Å². The summed E-state index contributed by atoms with van der Waals surface area (Å²) in [6.07, 6.45) is 8.16. The Bertz CT molecular complexity index is 443. The topological polar surface area (TPSA) is 53.4 Å². The van der Waals surface area contributed by atoms with Crippen LogP contribution in [0.25, 0.3) is 0 Å². The molecule has 2 atom stereocenters. The van der Waals surface area contributed by atoms with Crippen LogP contribution >= 0.6 is 11.5 Å². The highest BCUT2D eigenvalue weighted by molar-refractivity contribution is 7.05. The fourth-order valence-electron chi connectivity index (χ4n) is 3.89. The summed E-state index contributed by atoms with van der Waals surface area (Å²) in [5.74, 6) is 0.190. The van der Waals surface area contributed by atoms with Crippen molar-refractivity contribution in [2.75, 3.05) is 13.1 Å². The van der Waals surface area contributed by atoms with Crippen molar-refractivity contribution in [2.24, 2.45) is 17.8 Å². The lowest BCUT2D eigenvalue weighted by atomic mass is 9.75. The van der Waals surface area contributed by atoms with E-state index in [1.807, 2.05) is 12.3 Å². The number of aliphatic carboxylic acids is 1. The fraction of sp³-hybridized carbons (Fsp3) is 0.733. The van der Waals surface area contributed by atoms with Gasteiger partial charge in [0, 0.05) is 30.7 Å². The minimum absolute atomic E-state index is 0.175. The summed E-state index contributed by atoms with van der Waals surface area (Å²) in [5.41, 5.74) is 0. The van der Waals surface area contributed by atoms with Crippen molar-refractivity contribution >= 4 is 17.5 Å². The molecule has 1 aliphatic heterocycles. The Balaban J connectivity index is 1.66. The third-order valence-electron chi connectivity index (χ3n) is 4.88. The summed E-state index contributed by atoms with van der Waals surface area (Å²) in [6, 6.07) is 2.04. The molecule has 1 aliphatic carbocycles. The summed E-state index contributed by atoms with van der Waals surface area (Å²) in [5, 5.41) is 9.52. The van der Waals surface area contributed by atoms with Crippen LogP contribution in [-0.2, 0) is 11.3 Å². The Labute approximate surface area is 124 Å². The lowest BCUT2D eigenvalue weighted by molar-refractivity contribution is -0.143. The van der Waals surface area contributed by atoms with Gasteiger partial charge in [-0.1, -0.05) is 32.1 Å². The highest BCUT2D eigenvalue weighted by atomic mass is 32.1. The average molecular weight is 294 g/mol. The maximum absolute atomic E-state index is 11.6. The van der Waals surface area contributed by atoms with Gasteiger partial charge in [-0.25, -0.2) is 4.37 Å². The second-order valence-corrected chi connectivity index (χ2v) is 7.10. The molecule has 4 nitrogen and oxygen atoms in total. The summed E-state index contributed by atoms with van der Waals surface area (Å²) in [7, 11) is 0. The van der Waals surface area contributed by atoms with Crippen LogP contribution in [0, 0.1) is 17.8 Å². The van der Waals surface area contributed by atoms with Gasteiger partial charge in [-0.2, -0.15) is 0 Å². The maximum Gasteiger partial charge on any atom is 0.308 e. The van der Waals surface area contributed by atoms with Crippen molar-refractivity contribution in [3.05, 3.63) is 17.1 Å². The standard InChI is InChI=1S/C15H22N2O2S/c18-15(19)14-10-17(8-12-6-7-16-20-12)9-13(14)11-4-2-1-3-5-11/h6-7,11,13-14H,1-5,8-10H2,(H,18,19)/t13-,14+/m0/s1. The minimum atomic E-state index is -0.604. The third-order valence-corrected chi connectivity index (χ3v) is 5.61. The zero-order valence-electron chi connectivity index (χ0n) is 11.7. The van der Waals surface area contributed by atoms with Gasteiger partial charge in [-0.15, -0.1) is 0 Å². The molecule has 2 heterocycles. The van der Waals surface area contributed by atoms with Crippen LogP contribution in [0.4, 0.5) is 0 Å². The Kier molecular flexibility index (Phi) is 4.36. The molecule has 20 heavy (non-hydrogen) atoms. The molecule has 2 aliphatic rings. The molecule has 0 spiro atoms. The molecule has 5 heteroatoms. The lowest BCUT2D eigenvalue weighted by Gasteiger charge is -2.29. The zero-order valence-corrected chi connectivity index (χ0v) is 12.5. The Morgan fingerprint density at radius 2 is 2.15 bits per heavy atom. The van der Waals surface area contributed by atoms with E-state index < -0.39 is 5.97 Å². The molecule has 0 aromatic carbocycles. The molecule has 1 saturated heterocycles. The maximum atomic E-state index is 11.6. The van der Waals surface area contributed by atoms with Gasteiger partial charge in [0.1, 0.15) is 0 Å². The van der Waals surface area contributed by atoms with Crippen molar-refractivity contribution in [3.8, 4) is 0 Å². The van der Waals surface area contributed by atoms with E-state index in [4.69, 9.17) is 0 Å². The second-order valence-electron chi connectivity index (χ2n) is 6.18. The zero-order chi connectivity index (χ0) is 13.9. The molecule has 1 aromatic heterocycles. The monoisotopic (exact) mass is 294 g/mol. The first-order valence-electron chi connectivity index (χ1n) is 7.59. The van der Waals surface area contributed by atoms with Crippen LogP contribution < -0.4 is 0 Å². The number of carbonyl (C=O) groups is 1. The molecule has 1 aromatic rings. The first kappa shape index (κ1) is 14.0. The predicted octanol–water partition coefficient (Wildman–Crippen LogP) is 2.86. The minimum Gasteiger partial charge on any atom is -0.481 e. The summed E-state index contributed by atoms with van der Waals surface area (Å²) in [6.45, 7) is 2.51. The molecule has 3 rings (SSSR count). The Hall–Kier alpha value is -0.940. The Morgan fingerprint density at radius 1 is 1.35 bits per heavy atom. The van der Waals surface area contributed by atoms with Crippen LogP contribution in [0.5, 0.6) is 0 Å². The first-order chi connectivity index (χ1) is 9.74. The van der Waals surface area contributed by atoms with Crippen molar-refractivity contribution < 1.29 is 9.90 Å². The molecular formula is C15H22N2O2S. The molecule has 0 amide bonds. The number of hydrogen-bond acceptors (Lipinski definition) is 4. The average Bonchev–Trinajstić information content (AvgIpc) is 3.10. The number of nitrogens with zero attached hydrogens (tertiary/aromatic N) is 2. The molecule has 110 valence electrons. The van der Waals surface area contributed by atoms with Crippen LogP contribution in [0.1, 0.15) is 37.0 Å². The molecule has 1 N–H and O–H groups in total. The largest absolute Gasteiger partial charge is 0.481 e.